The van der Waals surface area contributed by atoms with Crippen LogP contribution in [-0.4, -0.2) is 0 Å². The van der Waals surface area contributed by atoms with Crippen molar-refractivity contribution in [3.63, 3.8) is 0 Å². The molecule has 0 aliphatic rings. The maximum absolute atomic E-state index is 6.29. The zero-order chi connectivity index (χ0) is 15.3. The van der Waals surface area contributed by atoms with Gasteiger partial charge in [0, 0.05) is 10.8 Å². The molecule has 2 aromatic carbocycles. The average molecular weight is 280 g/mol. The van der Waals surface area contributed by atoms with Gasteiger partial charge in [-0.25, -0.2) is 0 Å². The molecule has 1 heterocycles. The summed E-state index contributed by atoms with van der Waals surface area (Å²) in [6.45, 7) is 13.3. The second-order valence-electron chi connectivity index (χ2n) is 6.78. The van der Waals surface area contributed by atoms with Crippen molar-refractivity contribution in [2.75, 3.05) is 0 Å². The number of furan rings is 1. The molecule has 3 aromatic rings. The molecule has 0 aliphatic carbocycles. The van der Waals surface area contributed by atoms with Crippen molar-refractivity contribution in [1.82, 2.24) is 0 Å². The Morgan fingerprint density at radius 2 is 1.52 bits per heavy atom. The molecule has 0 amide bonds. The molecular formula is C20H24O. The molecule has 3 rings (SSSR count). The minimum Gasteiger partial charge on any atom is -0.455 e. The number of rotatable bonds is 2. The smallest absolute Gasteiger partial charge is 0.138 e. The van der Waals surface area contributed by atoms with Crippen LogP contribution in [0.25, 0.3) is 21.9 Å². The van der Waals surface area contributed by atoms with Crippen molar-refractivity contribution in [3.8, 4) is 0 Å². The average Bonchev–Trinajstić information content (AvgIpc) is 2.80. The summed E-state index contributed by atoms with van der Waals surface area (Å²) in [7, 11) is 0. The third-order valence-electron chi connectivity index (χ3n) is 4.60. The topological polar surface area (TPSA) is 13.1 Å². The van der Waals surface area contributed by atoms with Crippen molar-refractivity contribution < 1.29 is 4.42 Å². The van der Waals surface area contributed by atoms with Crippen LogP contribution < -0.4 is 0 Å². The van der Waals surface area contributed by atoms with E-state index < -0.39 is 0 Å². The Labute approximate surface area is 127 Å². The van der Waals surface area contributed by atoms with Crippen LogP contribution in [0.4, 0.5) is 0 Å². The highest BCUT2D eigenvalue weighted by atomic mass is 16.3. The van der Waals surface area contributed by atoms with Crippen LogP contribution >= 0.6 is 0 Å². The van der Waals surface area contributed by atoms with Crippen molar-refractivity contribution in [2.24, 2.45) is 0 Å². The summed E-state index contributed by atoms with van der Waals surface area (Å²) in [6.07, 6.45) is 0. The first kappa shape index (κ1) is 14.2. The summed E-state index contributed by atoms with van der Waals surface area (Å²) >= 11 is 0. The molecule has 110 valence electrons. The molecule has 0 radical (unpaired) electrons. The molecule has 0 N–H and O–H groups in total. The minimum absolute atomic E-state index is 0.466. The van der Waals surface area contributed by atoms with Gasteiger partial charge in [-0.2, -0.15) is 0 Å². The van der Waals surface area contributed by atoms with Gasteiger partial charge in [0.15, 0.2) is 0 Å². The van der Waals surface area contributed by atoms with E-state index in [9.17, 15) is 0 Å². The number of hydrogen-bond acceptors (Lipinski definition) is 1. The number of fused-ring (bicyclic) bond motifs is 3. The van der Waals surface area contributed by atoms with Gasteiger partial charge in [-0.3, -0.25) is 0 Å². The summed E-state index contributed by atoms with van der Waals surface area (Å²) in [5, 5.41) is 2.51. The van der Waals surface area contributed by atoms with Gasteiger partial charge >= 0.3 is 0 Å². The Balaban J connectivity index is 2.48. The van der Waals surface area contributed by atoms with Gasteiger partial charge in [0.2, 0.25) is 0 Å². The predicted octanol–water partition coefficient (Wildman–Crippen LogP) is 6.45. The summed E-state index contributed by atoms with van der Waals surface area (Å²) in [6, 6.07) is 9.04. The van der Waals surface area contributed by atoms with Crippen LogP contribution in [0.1, 0.15) is 61.8 Å². The zero-order valence-corrected chi connectivity index (χ0v) is 13.9. The van der Waals surface area contributed by atoms with Crippen LogP contribution in [-0.2, 0) is 0 Å². The SMILES string of the molecule is Cc1ccc2c(oc3c(C(C)C)cc(C(C)C)cc32)c1C. The Morgan fingerprint density at radius 3 is 2.14 bits per heavy atom. The largest absolute Gasteiger partial charge is 0.455 e. The van der Waals surface area contributed by atoms with E-state index in [1.807, 2.05) is 0 Å². The fraction of sp³-hybridized carbons (Fsp3) is 0.400. The lowest BCUT2D eigenvalue weighted by Crippen LogP contribution is -1.93. The lowest BCUT2D eigenvalue weighted by molar-refractivity contribution is 0.653. The lowest BCUT2D eigenvalue weighted by atomic mass is 9.92. The summed E-state index contributed by atoms with van der Waals surface area (Å²) in [5.74, 6) is 0.997. The van der Waals surface area contributed by atoms with E-state index in [0.29, 0.717) is 11.8 Å². The fourth-order valence-corrected chi connectivity index (χ4v) is 2.99. The Kier molecular flexibility index (Phi) is 3.32. The van der Waals surface area contributed by atoms with Gasteiger partial charge < -0.3 is 4.42 Å². The molecule has 0 bridgehead atoms. The fourth-order valence-electron chi connectivity index (χ4n) is 2.99. The van der Waals surface area contributed by atoms with Crippen LogP contribution in [0.5, 0.6) is 0 Å². The first-order valence-electron chi connectivity index (χ1n) is 7.86. The molecule has 1 nitrogen and oxygen atoms in total. The monoisotopic (exact) mass is 280 g/mol. The molecule has 0 spiro atoms. The molecule has 1 aromatic heterocycles. The normalized spacial score (nSPS) is 12.2. The van der Waals surface area contributed by atoms with E-state index in [1.54, 1.807) is 0 Å². The summed E-state index contributed by atoms with van der Waals surface area (Å²) in [5.41, 5.74) is 7.38. The highest BCUT2D eigenvalue weighted by Gasteiger charge is 2.17. The maximum atomic E-state index is 6.29. The molecule has 1 heteroatoms. The van der Waals surface area contributed by atoms with E-state index >= 15 is 0 Å². The maximum Gasteiger partial charge on any atom is 0.138 e. The van der Waals surface area contributed by atoms with Gasteiger partial charge in [-0.1, -0.05) is 45.9 Å². The highest BCUT2D eigenvalue weighted by molar-refractivity contribution is 6.07. The second kappa shape index (κ2) is 4.91. The van der Waals surface area contributed by atoms with Crippen LogP contribution in [0.3, 0.4) is 0 Å². The molecule has 0 saturated heterocycles. The van der Waals surface area contributed by atoms with Crippen LogP contribution in [0.15, 0.2) is 28.7 Å². The van der Waals surface area contributed by atoms with Gasteiger partial charge in [-0.05, 0) is 54.0 Å². The van der Waals surface area contributed by atoms with Crippen molar-refractivity contribution >= 4 is 21.9 Å². The van der Waals surface area contributed by atoms with E-state index in [1.165, 1.54) is 33.0 Å². The molecule has 0 unspecified atom stereocenters. The van der Waals surface area contributed by atoms with Crippen molar-refractivity contribution in [3.05, 3.63) is 46.5 Å². The Hall–Kier alpha value is -1.76. The molecular weight excluding hydrogens is 256 g/mol. The summed E-state index contributed by atoms with van der Waals surface area (Å²) < 4.78 is 6.29. The number of benzene rings is 2. The third-order valence-corrected chi connectivity index (χ3v) is 4.60. The van der Waals surface area contributed by atoms with E-state index in [4.69, 9.17) is 4.42 Å². The van der Waals surface area contributed by atoms with E-state index in [2.05, 4.69) is 65.8 Å². The third kappa shape index (κ3) is 2.16. The molecule has 0 atom stereocenters. The highest BCUT2D eigenvalue weighted by Crippen LogP contribution is 2.38. The Morgan fingerprint density at radius 1 is 0.810 bits per heavy atom. The van der Waals surface area contributed by atoms with Gasteiger partial charge in [-0.15, -0.1) is 0 Å². The summed E-state index contributed by atoms with van der Waals surface area (Å²) in [4.78, 5) is 0. The second-order valence-corrected chi connectivity index (χ2v) is 6.78. The number of aryl methyl sites for hydroxylation is 2. The number of hydrogen-bond donors (Lipinski definition) is 0. The molecule has 0 aliphatic heterocycles. The first-order valence-corrected chi connectivity index (χ1v) is 7.86. The Bertz CT molecular complexity index is 819. The van der Waals surface area contributed by atoms with Gasteiger partial charge in [0.25, 0.3) is 0 Å². The molecule has 21 heavy (non-hydrogen) atoms. The van der Waals surface area contributed by atoms with E-state index in [-0.39, 0.29) is 0 Å². The predicted molar refractivity (Wildman–Crippen MR) is 91.4 cm³/mol. The lowest BCUT2D eigenvalue weighted by Gasteiger charge is -2.11. The quantitative estimate of drug-likeness (QED) is 0.525. The first-order chi connectivity index (χ1) is 9.90. The van der Waals surface area contributed by atoms with Crippen LogP contribution in [0, 0.1) is 13.8 Å². The minimum atomic E-state index is 0.466. The molecule has 0 fully saturated rings. The van der Waals surface area contributed by atoms with Gasteiger partial charge in [0.1, 0.15) is 11.2 Å². The van der Waals surface area contributed by atoms with Crippen molar-refractivity contribution in [1.29, 1.82) is 0 Å². The molecule has 0 saturated carbocycles. The van der Waals surface area contributed by atoms with Crippen molar-refractivity contribution in [2.45, 2.75) is 53.4 Å². The zero-order valence-electron chi connectivity index (χ0n) is 13.9. The van der Waals surface area contributed by atoms with E-state index in [0.717, 1.165) is 11.2 Å². The standard InChI is InChI=1S/C20H24O/c1-11(2)15-9-17(12(3)4)20-18(10-15)16-8-7-13(5)14(6)19(16)21-20/h7-12H,1-6H3. The van der Waals surface area contributed by atoms with Crippen LogP contribution in [0.2, 0.25) is 0 Å². The van der Waals surface area contributed by atoms with Gasteiger partial charge in [0.05, 0.1) is 0 Å².